The Kier molecular flexibility index (Phi) is 8.45. The summed E-state index contributed by atoms with van der Waals surface area (Å²) in [4.78, 5) is 17.2. The molecule has 3 aliphatic rings. The second-order valence-corrected chi connectivity index (χ2v) is 8.79. The predicted molar refractivity (Wildman–Crippen MR) is 126 cm³/mol. The number of carbonyl (C=O) groups excluding carboxylic acids is 1. The van der Waals surface area contributed by atoms with Crippen molar-refractivity contribution in [1.29, 1.82) is 5.26 Å². The zero-order chi connectivity index (χ0) is 23.1. The molecule has 0 saturated carbocycles. The minimum Gasteiger partial charge on any atom is -0.369 e. The smallest absolute Gasteiger partial charge is 0.230 e. The molecule has 5 N–H and O–H groups in total. The molecule has 3 atom stereocenters. The van der Waals surface area contributed by atoms with E-state index in [0.29, 0.717) is 18.7 Å². The van der Waals surface area contributed by atoms with Crippen molar-refractivity contribution in [3.63, 3.8) is 0 Å². The first-order chi connectivity index (χ1) is 15.4. The quantitative estimate of drug-likeness (QED) is 0.349. The molecule has 0 aromatic rings. The van der Waals surface area contributed by atoms with Gasteiger partial charge in [0.1, 0.15) is 12.1 Å². The topological polar surface area (TPSA) is 127 Å². The molecule has 2 unspecified atom stereocenters. The van der Waals surface area contributed by atoms with Crippen LogP contribution in [0.5, 0.6) is 0 Å². The van der Waals surface area contributed by atoms with E-state index in [-0.39, 0.29) is 6.04 Å². The molecule has 174 valence electrons. The van der Waals surface area contributed by atoms with Crippen LogP contribution in [0.2, 0.25) is 0 Å². The number of nitrogens with zero attached hydrogens (tertiary/aromatic N) is 5. The average Bonchev–Trinajstić information content (AvgIpc) is 2.95. The van der Waals surface area contributed by atoms with Crippen molar-refractivity contribution in [1.82, 2.24) is 20.1 Å². The number of allylic oxidation sites excluding steroid dienone is 4. The second-order valence-electron chi connectivity index (χ2n) is 8.79. The molecule has 1 saturated heterocycles. The van der Waals surface area contributed by atoms with Crippen molar-refractivity contribution >= 4 is 11.6 Å². The number of carbonyl (C=O) groups is 1. The summed E-state index contributed by atoms with van der Waals surface area (Å²) < 4.78 is 0. The van der Waals surface area contributed by atoms with Gasteiger partial charge in [-0.2, -0.15) is 10.4 Å². The van der Waals surface area contributed by atoms with Gasteiger partial charge in [-0.05, 0) is 31.0 Å². The van der Waals surface area contributed by atoms with E-state index >= 15 is 0 Å². The maximum absolute atomic E-state index is 12.3. The third-order valence-corrected chi connectivity index (χ3v) is 6.38. The molecular formula is C23H36N8O. The van der Waals surface area contributed by atoms with E-state index in [4.69, 9.17) is 21.8 Å². The molecule has 3 rings (SSSR count). The van der Waals surface area contributed by atoms with Crippen LogP contribution >= 0.6 is 0 Å². The van der Waals surface area contributed by atoms with E-state index in [1.165, 1.54) is 5.57 Å². The van der Waals surface area contributed by atoms with Gasteiger partial charge in [-0.1, -0.05) is 37.6 Å². The van der Waals surface area contributed by atoms with Gasteiger partial charge < -0.3 is 21.7 Å². The molecule has 32 heavy (non-hydrogen) atoms. The summed E-state index contributed by atoms with van der Waals surface area (Å²) in [5.41, 5.74) is 15.1. The minimum atomic E-state index is -0.677. The lowest BCUT2D eigenvalue weighted by atomic mass is 9.92. The molecule has 1 aliphatic carbocycles. The largest absolute Gasteiger partial charge is 0.369 e. The van der Waals surface area contributed by atoms with Crippen LogP contribution in [0.3, 0.4) is 0 Å². The number of likely N-dealkylation sites (N-methyl/N-ethyl adjacent to an activating group) is 1. The van der Waals surface area contributed by atoms with Crippen LogP contribution in [0, 0.1) is 17.4 Å². The first-order valence-electron chi connectivity index (χ1n) is 11.5. The first kappa shape index (κ1) is 24.0. The Morgan fingerprint density at radius 3 is 2.75 bits per heavy atom. The SMILES string of the molecule is CCC[C@H](CNC#N)N1N=C(C2=CC=C(CN3CCN(C)CC3)C=CC2)C(C(N)=O)C1N. The number of amides is 1. The van der Waals surface area contributed by atoms with Gasteiger partial charge in [-0.3, -0.25) is 14.7 Å². The zero-order valence-electron chi connectivity index (χ0n) is 19.2. The van der Waals surface area contributed by atoms with Crippen molar-refractivity contribution in [2.75, 3.05) is 46.3 Å². The Bertz CT molecular complexity index is 831. The minimum absolute atomic E-state index is 0.0840. The van der Waals surface area contributed by atoms with Gasteiger partial charge in [-0.15, -0.1) is 0 Å². The summed E-state index contributed by atoms with van der Waals surface area (Å²) in [5, 5.41) is 18.2. The van der Waals surface area contributed by atoms with Gasteiger partial charge >= 0.3 is 0 Å². The number of nitrogens with two attached hydrogens (primary N) is 2. The van der Waals surface area contributed by atoms with Gasteiger partial charge in [0.25, 0.3) is 0 Å². The highest BCUT2D eigenvalue weighted by Crippen LogP contribution is 2.29. The molecule has 1 amide bonds. The highest BCUT2D eigenvalue weighted by atomic mass is 16.1. The summed E-state index contributed by atoms with van der Waals surface area (Å²) in [5.74, 6) is -1.15. The lowest BCUT2D eigenvalue weighted by Crippen LogP contribution is -2.52. The maximum Gasteiger partial charge on any atom is 0.230 e. The Balaban J connectivity index is 1.80. The lowest BCUT2D eigenvalue weighted by molar-refractivity contribution is -0.121. The summed E-state index contributed by atoms with van der Waals surface area (Å²) in [6.07, 6.45) is 12.2. The predicted octanol–water partition coefficient (Wildman–Crippen LogP) is 0.344. The number of rotatable bonds is 9. The van der Waals surface area contributed by atoms with E-state index < -0.39 is 18.0 Å². The van der Waals surface area contributed by atoms with E-state index in [0.717, 1.165) is 51.1 Å². The van der Waals surface area contributed by atoms with Crippen LogP contribution in [0.1, 0.15) is 26.2 Å². The summed E-state index contributed by atoms with van der Waals surface area (Å²) in [6, 6.07) is -0.0840. The van der Waals surface area contributed by atoms with E-state index in [9.17, 15) is 4.79 Å². The number of nitriles is 1. The number of hydrogen-bond acceptors (Lipinski definition) is 8. The van der Waals surface area contributed by atoms with Gasteiger partial charge in [0.2, 0.25) is 5.91 Å². The molecule has 0 radical (unpaired) electrons. The Morgan fingerprint density at radius 2 is 2.09 bits per heavy atom. The monoisotopic (exact) mass is 440 g/mol. The Hall–Kier alpha value is -2.67. The number of primary amides is 1. The van der Waals surface area contributed by atoms with Crippen molar-refractivity contribution < 1.29 is 4.79 Å². The number of hydrazone groups is 1. The van der Waals surface area contributed by atoms with E-state index in [2.05, 4.69) is 53.4 Å². The van der Waals surface area contributed by atoms with Crippen LogP contribution in [-0.2, 0) is 4.79 Å². The highest BCUT2D eigenvalue weighted by Gasteiger charge is 2.42. The maximum atomic E-state index is 12.3. The average molecular weight is 441 g/mol. The second kappa shape index (κ2) is 11.3. The van der Waals surface area contributed by atoms with Crippen LogP contribution in [0.15, 0.2) is 40.6 Å². The lowest BCUT2D eigenvalue weighted by Gasteiger charge is -2.32. The fourth-order valence-corrected chi connectivity index (χ4v) is 4.51. The van der Waals surface area contributed by atoms with Gasteiger partial charge in [0, 0.05) is 39.3 Å². The normalized spacial score (nSPS) is 25.4. The van der Waals surface area contributed by atoms with Crippen LogP contribution in [0.4, 0.5) is 0 Å². The van der Waals surface area contributed by atoms with Crippen LogP contribution in [-0.4, -0.2) is 85.0 Å². The molecule has 0 spiro atoms. The fourth-order valence-electron chi connectivity index (χ4n) is 4.51. The highest BCUT2D eigenvalue weighted by molar-refractivity contribution is 6.14. The molecule has 0 bridgehead atoms. The molecule has 9 nitrogen and oxygen atoms in total. The molecule has 0 aromatic carbocycles. The van der Waals surface area contributed by atoms with Crippen LogP contribution < -0.4 is 16.8 Å². The number of piperazine rings is 1. The first-order valence-corrected chi connectivity index (χ1v) is 11.5. The van der Waals surface area contributed by atoms with Crippen molar-refractivity contribution in [2.45, 2.75) is 38.4 Å². The van der Waals surface area contributed by atoms with Crippen LogP contribution in [0.25, 0.3) is 0 Å². The summed E-state index contributed by atoms with van der Waals surface area (Å²) >= 11 is 0. The summed E-state index contributed by atoms with van der Waals surface area (Å²) in [7, 11) is 2.16. The zero-order valence-corrected chi connectivity index (χ0v) is 19.2. The standard InChI is InChI=1S/C23H36N8O/c1-3-5-19(14-27-16-24)31-22(25)20(23(26)32)21(28-31)18-7-4-6-17(8-9-18)15-30-12-10-29(2)11-13-30/h4,6,8-9,19-20,22,27H,3,5,7,10-15,25H2,1-2H3,(H2,26,32)/t19-,20?,22?/m1/s1. The molecule has 2 heterocycles. The Morgan fingerprint density at radius 1 is 1.34 bits per heavy atom. The molecule has 9 heteroatoms. The Labute approximate surface area is 191 Å². The summed E-state index contributed by atoms with van der Waals surface area (Å²) in [6.45, 7) is 7.70. The van der Waals surface area contributed by atoms with Gasteiger partial charge in [-0.25, -0.2) is 0 Å². The molecular weight excluding hydrogens is 404 g/mol. The number of nitrogens with one attached hydrogen (secondary N) is 1. The van der Waals surface area contributed by atoms with E-state index in [1.807, 2.05) is 6.19 Å². The van der Waals surface area contributed by atoms with Gasteiger partial charge in [0.15, 0.2) is 6.19 Å². The van der Waals surface area contributed by atoms with Crippen molar-refractivity contribution in [2.24, 2.45) is 22.5 Å². The molecule has 0 aromatic heterocycles. The number of hydrogen-bond donors (Lipinski definition) is 3. The van der Waals surface area contributed by atoms with E-state index in [1.54, 1.807) is 5.01 Å². The van der Waals surface area contributed by atoms with Crippen molar-refractivity contribution in [3.8, 4) is 6.19 Å². The van der Waals surface area contributed by atoms with Crippen molar-refractivity contribution in [3.05, 3.63) is 35.5 Å². The fraction of sp³-hybridized carbons (Fsp3) is 0.609. The molecule has 1 fully saturated rings. The van der Waals surface area contributed by atoms with Gasteiger partial charge in [0.05, 0.1) is 11.8 Å². The third kappa shape index (κ3) is 5.76. The molecule has 2 aliphatic heterocycles. The third-order valence-electron chi connectivity index (χ3n) is 6.38.